The number of hydrogen-bond acceptors (Lipinski definition) is 5. The highest BCUT2D eigenvalue weighted by Gasteiger charge is 2.24. The standard InChI is InChI=1S/C25H34N4O3S/c30-25(26-23-10-7-15-28(19-23)18-21-8-3-1-4-9-21)20-33(31,32)27-22-11-13-24(14-12-22)29-16-5-2-6-17-29/h1,3-4,8-9,11-14,23,27H,2,5-7,10,15-20H2,(H,26,30). The summed E-state index contributed by atoms with van der Waals surface area (Å²) in [6.07, 6.45) is 5.49. The number of likely N-dealkylation sites (tertiary alicyclic amines) is 1. The van der Waals surface area contributed by atoms with Gasteiger partial charge in [-0.2, -0.15) is 0 Å². The molecule has 2 aromatic carbocycles. The van der Waals surface area contributed by atoms with E-state index in [-0.39, 0.29) is 6.04 Å². The molecule has 0 aliphatic carbocycles. The van der Waals surface area contributed by atoms with E-state index in [1.54, 1.807) is 12.1 Å². The largest absolute Gasteiger partial charge is 0.372 e. The van der Waals surface area contributed by atoms with Crippen LogP contribution in [0.1, 0.15) is 37.7 Å². The fraction of sp³-hybridized carbons (Fsp3) is 0.480. The lowest BCUT2D eigenvalue weighted by Crippen LogP contribution is -2.48. The van der Waals surface area contributed by atoms with Gasteiger partial charge in [-0.3, -0.25) is 14.4 Å². The molecule has 2 aromatic rings. The number of benzene rings is 2. The van der Waals surface area contributed by atoms with E-state index in [1.165, 1.54) is 24.8 Å². The van der Waals surface area contributed by atoms with Crippen LogP contribution in [-0.4, -0.2) is 57.2 Å². The van der Waals surface area contributed by atoms with Gasteiger partial charge >= 0.3 is 0 Å². The molecule has 2 aliphatic rings. The monoisotopic (exact) mass is 470 g/mol. The van der Waals surface area contributed by atoms with Crippen LogP contribution >= 0.6 is 0 Å². The maximum atomic E-state index is 12.6. The average Bonchev–Trinajstić information content (AvgIpc) is 2.80. The maximum absolute atomic E-state index is 12.6. The number of amides is 1. The molecule has 33 heavy (non-hydrogen) atoms. The molecule has 2 fully saturated rings. The summed E-state index contributed by atoms with van der Waals surface area (Å²) in [6, 6.07) is 17.6. The number of sulfonamides is 1. The van der Waals surface area contributed by atoms with Gasteiger partial charge in [0.05, 0.1) is 0 Å². The van der Waals surface area contributed by atoms with Crippen LogP contribution in [0, 0.1) is 0 Å². The Balaban J connectivity index is 1.25. The Morgan fingerprint density at radius 3 is 2.36 bits per heavy atom. The van der Waals surface area contributed by atoms with Crippen molar-refractivity contribution in [3.05, 3.63) is 60.2 Å². The van der Waals surface area contributed by atoms with E-state index >= 15 is 0 Å². The van der Waals surface area contributed by atoms with Crippen LogP contribution in [0.5, 0.6) is 0 Å². The predicted octanol–water partition coefficient (Wildman–Crippen LogP) is 3.20. The number of nitrogens with zero attached hydrogens (tertiary/aromatic N) is 2. The van der Waals surface area contributed by atoms with Crippen molar-refractivity contribution in [1.29, 1.82) is 0 Å². The zero-order valence-corrected chi connectivity index (χ0v) is 19.9. The molecule has 8 heteroatoms. The molecule has 178 valence electrons. The van der Waals surface area contributed by atoms with Gasteiger partial charge in [0.1, 0.15) is 5.75 Å². The van der Waals surface area contributed by atoms with E-state index in [2.05, 4.69) is 32.0 Å². The Hall–Kier alpha value is -2.58. The van der Waals surface area contributed by atoms with Crippen molar-refractivity contribution in [2.45, 2.75) is 44.7 Å². The van der Waals surface area contributed by atoms with Gasteiger partial charge in [-0.05, 0) is 68.5 Å². The minimum absolute atomic E-state index is 0.0333. The number of carbonyl (C=O) groups is 1. The van der Waals surface area contributed by atoms with Gasteiger partial charge in [0.15, 0.2) is 0 Å². The van der Waals surface area contributed by atoms with Gasteiger partial charge in [0.2, 0.25) is 15.9 Å². The quantitative estimate of drug-likeness (QED) is 0.619. The average molecular weight is 471 g/mol. The summed E-state index contributed by atoms with van der Waals surface area (Å²) in [6.45, 7) is 4.62. The van der Waals surface area contributed by atoms with Gasteiger partial charge in [-0.1, -0.05) is 30.3 Å². The van der Waals surface area contributed by atoms with Crippen LogP contribution in [0.25, 0.3) is 0 Å². The van der Waals surface area contributed by atoms with Gasteiger partial charge in [0.25, 0.3) is 0 Å². The van der Waals surface area contributed by atoms with Crippen molar-refractivity contribution in [1.82, 2.24) is 10.2 Å². The van der Waals surface area contributed by atoms with Crippen LogP contribution in [0.2, 0.25) is 0 Å². The smallest absolute Gasteiger partial charge is 0.241 e. The summed E-state index contributed by atoms with van der Waals surface area (Å²) in [7, 11) is -3.77. The molecule has 4 rings (SSSR count). The topological polar surface area (TPSA) is 81.8 Å². The Labute approximate surface area is 197 Å². The van der Waals surface area contributed by atoms with Crippen molar-refractivity contribution in [3.8, 4) is 0 Å². The molecular weight excluding hydrogens is 436 g/mol. The van der Waals surface area contributed by atoms with Crippen molar-refractivity contribution in [2.24, 2.45) is 0 Å². The first-order valence-electron chi connectivity index (χ1n) is 11.9. The molecule has 2 aliphatic heterocycles. The van der Waals surface area contributed by atoms with E-state index in [9.17, 15) is 13.2 Å². The first-order chi connectivity index (χ1) is 16.0. The number of carbonyl (C=O) groups excluding carboxylic acids is 1. The summed E-state index contributed by atoms with van der Waals surface area (Å²) in [5.74, 6) is -1.03. The highest BCUT2D eigenvalue weighted by Crippen LogP contribution is 2.22. The van der Waals surface area contributed by atoms with Gasteiger partial charge < -0.3 is 10.2 Å². The summed E-state index contributed by atoms with van der Waals surface area (Å²) < 4.78 is 27.6. The lowest BCUT2D eigenvalue weighted by Gasteiger charge is -2.33. The molecule has 2 saturated heterocycles. The first-order valence-corrected chi connectivity index (χ1v) is 13.5. The molecule has 0 spiro atoms. The van der Waals surface area contributed by atoms with Crippen LogP contribution in [0.4, 0.5) is 11.4 Å². The Morgan fingerprint density at radius 2 is 1.64 bits per heavy atom. The summed E-state index contributed by atoms with van der Waals surface area (Å²) in [5, 5.41) is 2.92. The SMILES string of the molecule is O=C(CS(=O)(=O)Nc1ccc(N2CCCCC2)cc1)NC1CCCN(Cc2ccccc2)C1. The Bertz CT molecular complexity index is 1010. The van der Waals surface area contributed by atoms with Crippen LogP contribution in [0.3, 0.4) is 0 Å². The number of rotatable bonds is 8. The molecule has 0 aromatic heterocycles. The molecule has 0 saturated carbocycles. The molecule has 2 N–H and O–H groups in total. The van der Waals surface area contributed by atoms with Crippen LogP contribution in [0.15, 0.2) is 54.6 Å². The minimum atomic E-state index is -3.77. The van der Waals surface area contributed by atoms with Gasteiger partial charge in [0, 0.05) is 43.6 Å². The third-order valence-electron chi connectivity index (χ3n) is 6.30. The predicted molar refractivity (Wildman–Crippen MR) is 133 cm³/mol. The van der Waals surface area contributed by atoms with Crippen molar-refractivity contribution >= 4 is 27.3 Å². The highest BCUT2D eigenvalue weighted by molar-refractivity contribution is 7.93. The van der Waals surface area contributed by atoms with Crippen molar-refractivity contribution < 1.29 is 13.2 Å². The van der Waals surface area contributed by atoms with Crippen LogP contribution in [-0.2, 0) is 21.4 Å². The third kappa shape index (κ3) is 7.20. The second kappa shape index (κ2) is 11.0. The first kappa shape index (κ1) is 23.6. The van der Waals surface area contributed by atoms with E-state index in [0.29, 0.717) is 5.69 Å². The molecule has 0 bridgehead atoms. The number of hydrogen-bond donors (Lipinski definition) is 2. The summed E-state index contributed by atoms with van der Waals surface area (Å²) in [5.41, 5.74) is 2.82. The molecule has 1 atom stereocenters. The fourth-order valence-corrected chi connectivity index (χ4v) is 5.70. The minimum Gasteiger partial charge on any atom is -0.372 e. The lowest BCUT2D eigenvalue weighted by molar-refractivity contribution is -0.119. The van der Waals surface area contributed by atoms with E-state index < -0.39 is 21.7 Å². The zero-order valence-electron chi connectivity index (χ0n) is 19.1. The molecule has 0 radical (unpaired) electrons. The number of anilines is 2. The normalized spacial score (nSPS) is 19.8. The zero-order chi connectivity index (χ0) is 23.1. The molecule has 7 nitrogen and oxygen atoms in total. The molecule has 1 unspecified atom stereocenters. The van der Waals surface area contributed by atoms with Gasteiger partial charge in [-0.15, -0.1) is 0 Å². The van der Waals surface area contributed by atoms with E-state index in [4.69, 9.17) is 0 Å². The summed E-state index contributed by atoms with van der Waals surface area (Å²) >= 11 is 0. The van der Waals surface area contributed by atoms with Gasteiger partial charge in [-0.25, -0.2) is 8.42 Å². The number of nitrogens with one attached hydrogen (secondary N) is 2. The highest BCUT2D eigenvalue weighted by atomic mass is 32.2. The molecular formula is C25H34N4O3S. The number of piperidine rings is 2. The summed E-state index contributed by atoms with van der Waals surface area (Å²) in [4.78, 5) is 17.1. The molecule has 1 amide bonds. The fourth-order valence-electron chi connectivity index (χ4n) is 4.71. The van der Waals surface area contributed by atoms with E-state index in [1.807, 2.05) is 30.3 Å². The second-order valence-electron chi connectivity index (χ2n) is 9.08. The third-order valence-corrected chi connectivity index (χ3v) is 7.49. The van der Waals surface area contributed by atoms with E-state index in [0.717, 1.165) is 51.3 Å². The van der Waals surface area contributed by atoms with Crippen molar-refractivity contribution in [2.75, 3.05) is 41.6 Å². The van der Waals surface area contributed by atoms with Crippen molar-refractivity contribution in [3.63, 3.8) is 0 Å². The van der Waals surface area contributed by atoms with Crippen LogP contribution < -0.4 is 14.9 Å². The maximum Gasteiger partial charge on any atom is 0.241 e. The Morgan fingerprint density at radius 1 is 0.909 bits per heavy atom. The Kier molecular flexibility index (Phi) is 7.88. The lowest BCUT2D eigenvalue weighted by atomic mass is 10.0. The molecule has 2 heterocycles. The second-order valence-corrected chi connectivity index (χ2v) is 10.8.